The lowest BCUT2D eigenvalue weighted by Crippen LogP contribution is -2.26. The third-order valence-corrected chi connectivity index (χ3v) is 10.6. The summed E-state index contributed by atoms with van der Waals surface area (Å²) in [5.74, 6) is 0. The van der Waals surface area contributed by atoms with Gasteiger partial charge in [-0.15, -0.1) is 0 Å². The normalized spacial score (nSPS) is 13.0. The molecule has 226 valence electrons. The molecule has 49 heavy (non-hydrogen) atoms. The SMILES string of the molecule is N#Cc1cncc(-c2cccc(-c3cc4c(c5ccccc35)-c3ccc(-c5ccccc5)cc3C43c4ccccc4-c4ccccc43)c2)c1. The summed E-state index contributed by atoms with van der Waals surface area (Å²) in [5.41, 5.74) is 17.3. The van der Waals surface area contributed by atoms with Crippen LogP contribution in [0, 0.1) is 11.3 Å². The minimum atomic E-state index is -0.482. The van der Waals surface area contributed by atoms with E-state index in [1.807, 2.05) is 12.3 Å². The molecule has 1 aromatic heterocycles. The molecule has 2 aliphatic rings. The molecule has 0 atom stereocenters. The van der Waals surface area contributed by atoms with E-state index in [9.17, 15) is 5.26 Å². The minimum absolute atomic E-state index is 0.482. The van der Waals surface area contributed by atoms with E-state index in [0.717, 1.165) is 16.7 Å². The van der Waals surface area contributed by atoms with Gasteiger partial charge in [0.05, 0.1) is 11.0 Å². The fourth-order valence-electron chi connectivity index (χ4n) is 8.57. The molecule has 0 saturated carbocycles. The van der Waals surface area contributed by atoms with Gasteiger partial charge in [0.15, 0.2) is 0 Å². The van der Waals surface area contributed by atoms with Crippen molar-refractivity contribution in [3.05, 3.63) is 198 Å². The second-order valence-electron chi connectivity index (χ2n) is 13.0. The van der Waals surface area contributed by atoms with Crippen molar-refractivity contribution in [2.45, 2.75) is 5.41 Å². The van der Waals surface area contributed by atoms with Gasteiger partial charge in [0.2, 0.25) is 0 Å². The summed E-state index contributed by atoms with van der Waals surface area (Å²) in [6, 6.07) is 60.0. The summed E-state index contributed by atoms with van der Waals surface area (Å²) in [6.07, 6.45) is 3.45. The van der Waals surface area contributed by atoms with Gasteiger partial charge in [-0.05, 0) is 107 Å². The van der Waals surface area contributed by atoms with Crippen molar-refractivity contribution >= 4 is 10.8 Å². The van der Waals surface area contributed by atoms with Gasteiger partial charge in [-0.3, -0.25) is 4.98 Å². The van der Waals surface area contributed by atoms with Crippen LogP contribution in [0.5, 0.6) is 0 Å². The smallest absolute Gasteiger partial charge is 0.101 e. The molecule has 2 heteroatoms. The Morgan fingerprint density at radius 3 is 1.84 bits per heavy atom. The van der Waals surface area contributed by atoms with E-state index < -0.39 is 5.41 Å². The highest BCUT2D eigenvalue weighted by Crippen LogP contribution is 2.64. The maximum absolute atomic E-state index is 9.56. The van der Waals surface area contributed by atoms with Gasteiger partial charge in [0, 0.05) is 18.0 Å². The predicted molar refractivity (Wildman–Crippen MR) is 199 cm³/mol. The largest absolute Gasteiger partial charge is 0.263 e. The summed E-state index contributed by atoms with van der Waals surface area (Å²) < 4.78 is 0. The number of aromatic nitrogens is 1. The summed E-state index contributed by atoms with van der Waals surface area (Å²) in [6.45, 7) is 0. The zero-order chi connectivity index (χ0) is 32.5. The highest BCUT2D eigenvalue weighted by atomic mass is 14.6. The van der Waals surface area contributed by atoms with Crippen LogP contribution in [0.4, 0.5) is 0 Å². The number of hydrogen-bond acceptors (Lipinski definition) is 2. The van der Waals surface area contributed by atoms with Crippen molar-refractivity contribution in [1.82, 2.24) is 4.98 Å². The number of rotatable bonds is 3. The summed E-state index contributed by atoms with van der Waals surface area (Å²) in [5, 5.41) is 12.0. The van der Waals surface area contributed by atoms with Crippen molar-refractivity contribution in [3.8, 4) is 61.7 Å². The van der Waals surface area contributed by atoms with Crippen LogP contribution < -0.4 is 0 Å². The van der Waals surface area contributed by atoms with E-state index in [2.05, 4.69) is 163 Å². The maximum atomic E-state index is 9.56. The fraction of sp³-hybridized carbons (Fsp3) is 0.0213. The number of pyridine rings is 1. The van der Waals surface area contributed by atoms with Crippen LogP contribution in [0.3, 0.4) is 0 Å². The first-order valence-electron chi connectivity index (χ1n) is 16.7. The Balaban J connectivity index is 1.32. The molecule has 1 spiro atoms. The van der Waals surface area contributed by atoms with Crippen LogP contribution >= 0.6 is 0 Å². The maximum Gasteiger partial charge on any atom is 0.101 e. The van der Waals surface area contributed by atoms with Gasteiger partial charge in [-0.2, -0.15) is 5.26 Å². The molecule has 0 amide bonds. The molecular formula is C47H28N2. The Bertz CT molecular complexity index is 2630. The number of fused-ring (bicyclic) bond motifs is 12. The molecule has 7 aromatic carbocycles. The van der Waals surface area contributed by atoms with E-state index in [-0.39, 0.29) is 0 Å². The molecular weight excluding hydrogens is 593 g/mol. The number of hydrogen-bond donors (Lipinski definition) is 0. The van der Waals surface area contributed by atoms with E-state index in [4.69, 9.17) is 0 Å². The van der Waals surface area contributed by atoms with Crippen LogP contribution in [-0.2, 0) is 5.41 Å². The summed E-state index contributed by atoms with van der Waals surface area (Å²) in [4.78, 5) is 4.35. The molecule has 0 bridgehead atoms. The molecule has 0 unspecified atom stereocenters. The van der Waals surface area contributed by atoms with Gasteiger partial charge >= 0.3 is 0 Å². The Kier molecular flexibility index (Phi) is 5.89. The quantitative estimate of drug-likeness (QED) is 0.197. The number of nitrogens with zero attached hydrogens (tertiary/aromatic N) is 2. The lowest BCUT2D eigenvalue weighted by atomic mass is 9.69. The Morgan fingerprint density at radius 2 is 1.06 bits per heavy atom. The van der Waals surface area contributed by atoms with Crippen molar-refractivity contribution in [2.75, 3.05) is 0 Å². The van der Waals surface area contributed by atoms with E-state index in [0.29, 0.717) is 5.56 Å². The van der Waals surface area contributed by atoms with Gasteiger partial charge in [-0.25, -0.2) is 0 Å². The average molecular weight is 621 g/mol. The standard InChI is InChI=1S/C47H28N2/c48-27-30-23-35(29-49-28-30)32-13-10-14-34(24-32)41-26-45-46(39-18-5-4-15-36(39)41)40-22-21-33(31-11-2-1-3-12-31)25-44(40)47(45)42-19-8-6-16-37(42)38-17-7-9-20-43(38)47/h1-26,28-29H. The van der Waals surface area contributed by atoms with Crippen molar-refractivity contribution in [3.63, 3.8) is 0 Å². The first-order chi connectivity index (χ1) is 24.3. The molecule has 0 N–H and O–H groups in total. The second kappa shape index (κ2) is 10.5. The van der Waals surface area contributed by atoms with Crippen LogP contribution in [-0.4, -0.2) is 4.98 Å². The van der Waals surface area contributed by atoms with E-state index in [1.165, 1.54) is 72.0 Å². The third kappa shape index (κ3) is 3.85. The monoisotopic (exact) mass is 620 g/mol. The lowest BCUT2D eigenvalue weighted by molar-refractivity contribution is 0.795. The lowest BCUT2D eigenvalue weighted by Gasteiger charge is -2.31. The molecule has 0 radical (unpaired) electrons. The van der Waals surface area contributed by atoms with Crippen molar-refractivity contribution < 1.29 is 0 Å². The molecule has 8 aromatic rings. The zero-order valence-electron chi connectivity index (χ0n) is 26.6. The zero-order valence-corrected chi connectivity index (χ0v) is 26.6. The molecule has 0 saturated heterocycles. The van der Waals surface area contributed by atoms with Gasteiger partial charge in [0.25, 0.3) is 0 Å². The van der Waals surface area contributed by atoms with Crippen molar-refractivity contribution in [2.24, 2.45) is 0 Å². The predicted octanol–water partition coefficient (Wildman–Crippen LogP) is 11.5. The molecule has 1 heterocycles. The average Bonchev–Trinajstić information content (AvgIpc) is 3.65. The van der Waals surface area contributed by atoms with Gasteiger partial charge in [0.1, 0.15) is 6.07 Å². The third-order valence-electron chi connectivity index (χ3n) is 10.6. The summed E-state index contributed by atoms with van der Waals surface area (Å²) in [7, 11) is 0. The van der Waals surface area contributed by atoms with Gasteiger partial charge < -0.3 is 0 Å². The molecule has 2 nitrogen and oxygen atoms in total. The summed E-state index contributed by atoms with van der Waals surface area (Å²) >= 11 is 0. The number of nitriles is 1. The topological polar surface area (TPSA) is 36.7 Å². The Labute approximate surface area is 285 Å². The first kappa shape index (κ1) is 27.5. The molecule has 0 aliphatic heterocycles. The molecule has 0 fully saturated rings. The highest BCUT2D eigenvalue weighted by Gasteiger charge is 2.52. The van der Waals surface area contributed by atoms with Crippen LogP contribution in [0.1, 0.15) is 27.8 Å². The van der Waals surface area contributed by atoms with E-state index in [1.54, 1.807) is 6.20 Å². The number of benzene rings is 7. The Hall–Kier alpha value is -6.56. The van der Waals surface area contributed by atoms with Crippen LogP contribution in [0.2, 0.25) is 0 Å². The fourth-order valence-corrected chi connectivity index (χ4v) is 8.57. The van der Waals surface area contributed by atoms with Crippen LogP contribution in [0.15, 0.2) is 170 Å². The Morgan fingerprint density at radius 1 is 0.408 bits per heavy atom. The van der Waals surface area contributed by atoms with Gasteiger partial charge in [-0.1, -0.05) is 133 Å². The molecule has 10 rings (SSSR count). The first-order valence-corrected chi connectivity index (χ1v) is 16.7. The van der Waals surface area contributed by atoms with Crippen LogP contribution in [0.25, 0.3) is 66.4 Å². The minimum Gasteiger partial charge on any atom is -0.263 e. The second-order valence-corrected chi connectivity index (χ2v) is 13.0. The van der Waals surface area contributed by atoms with Crippen molar-refractivity contribution in [1.29, 1.82) is 5.26 Å². The molecule has 2 aliphatic carbocycles. The van der Waals surface area contributed by atoms with E-state index >= 15 is 0 Å². The highest BCUT2D eigenvalue weighted by molar-refractivity contribution is 6.11.